The van der Waals surface area contributed by atoms with E-state index >= 15 is 0 Å². The van der Waals surface area contributed by atoms with E-state index in [1.54, 1.807) is 48.5 Å². The van der Waals surface area contributed by atoms with Crippen molar-refractivity contribution < 1.29 is 13.6 Å². The fourth-order valence-corrected chi connectivity index (χ4v) is 4.36. The Hall–Kier alpha value is -3.25. The lowest BCUT2D eigenvalue weighted by molar-refractivity contribution is 0.0971. The number of aryl methyl sites for hydroxylation is 1. The third-order valence-corrected chi connectivity index (χ3v) is 5.81. The zero-order valence-corrected chi connectivity index (χ0v) is 17.4. The first-order valence-corrected chi connectivity index (χ1v) is 10.2. The Balaban J connectivity index is 1.86. The van der Waals surface area contributed by atoms with Crippen LogP contribution >= 0.6 is 15.9 Å². The molecule has 0 saturated heterocycles. The lowest BCUT2D eigenvalue weighted by Crippen LogP contribution is -2.30. The highest BCUT2D eigenvalue weighted by Gasteiger charge is 2.44. The van der Waals surface area contributed by atoms with Gasteiger partial charge >= 0.3 is 0 Å². The van der Waals surface area contributed by atoms with Crippen LogP contribution in [0.5, 0.6) is 0 Å². The van der Waals surface area contributed by atoms with Crippen LogP contribution < -0.4 is 10.3 Å². The first kappa shape index (κ1) is 18.8. The lowest BCUT2D eigenvalue weighted by atomic mass is 9.97. The number of amides is 1. The molecule has 1 amide bonds. The van der Waals surface area contributed by atoms with E-state index in [0.717, 1.165) is 10.0 Å². The zero-order valence-electron chi connectivity index (χ0n) is 15.9. The number of hydrogen-bond acceptors (Lipinski definition) is 3. The van der Waals surface area contributed by atoms with Crippen molar-refractivity contribution in [1.29, 1.82) is 0 Å². The number of benzene rings is 3. The molecule has 1 aliphatic rings. The standard InChI is InChI=1S/C24H15BrFNO3/c1-13-9-10-19-17(11-13)22(28)20-21(16-7-2-3-8-18(16)26)27(24(29)23(20)30-19)15-6-4-5-14(25)12-15/h2-12,21H,1H3. The van der Waals surface area contributed by atoms with Crippen molar-refractivity contribution >= 4 is 38.5 Å². The van der Waals surface area contributed by atoms with Crippen LogP contribution in [0.15, 0.2) is 80.4 Å². The summed E-state index contributed by atoms with van der Waals surface area (Å²) in [5.74, 6) is -1.02. The van der Waals surface area contributed by atoms with Gasteiger partial charge in [-0.25, -0.2) is 4.39 Å². The van der Waals surface area contributed by atoms with E-state index in [2.05, 4.69) is 15.9 Å². The monoisotopic (exact) mass is 463 g/mol. The molecule has 0 saturated carbocycles. The van der Waals surface area contributed by atoms with Crippen LogP contribution in [0.25, 0.3) is 11.0 Å². The maximum atomic E-state index is 14.9. The van der Waals surface area contributed by atoms with Gasteiger partial charge in [0.25, 0.3) is 5.91 Å². The molecule has 0 aliphatic carbocycles. The molecule has 0 N–H and O–H groups in total. The number of hydrogen-bond donors (Lipinski definition) is 0. The number of nitrogens with zero attached hydrogens (tertiary/aromatic N) is 1. The smallest absolute Gasteiger partial charge is 0.295 e. The van der Waals surface area contributed by atoms with E-state index in [0.29, 0.717) is 16.7 Å². The Bertz CT molecular complexity index is 1400. The summed E-state index contributed by atoms with van der Waals surface area (Å²) in [4.78, 5) is 28.3. The second-order valence-corrected chi connectivity index (χ2v) is 8.17. The van der Waals surface area contributed by atoms with Gasteiger partial charge in [0.15, 0.2) is 5.43 Å². The van der Waals surface area contributed by atoms with Crippen molar-refractivity contribution in [2.75, 3.05) is 4.90 Å². The number of fused-ring (bicyclic) bond motifs is 2. The van der Waals surface area contributed by atoms with Gasteiger partial charge < -0.3 is 4.42 Å². The van der Waals surface area contributed by atoms with E-state index in [9.17, 15) is 14.0 Å². The first-order chi connectivity index (χ1) is 14.5. The van der Waals surface area contributed by atoms with Crippen LogP contribution in [0.3, 0.4) is 0 Å². The Kier molecular flexibility index (Phi) is 4.33. The van der Waals surface area contributed by atoms with E-state index in [1.165, 1.54) is 11.0 Å². The fraction of sp³-hybridized carbons (Fsp3) is 0.0833. The molecule has 148 valence electrons. The van der Waals surface area contributed by atoms with Crippen LogP contribution in [0, 0.1) is 12.7 Å². The molecular formula is C24H15BrFNO3. The van der Waals surface area contributed by atoms with E-state index in [-0.39, 0.29) is 22.3 Å². The molecule has 4 aromatic rings. The summed E-state index contributed by atoms with van der Waals surface area (Å²) in [5, 5.41) is 0.374. The molecule has 1 aliphatic heterocycles. The van der Waals surface area contributed by atoms with Crippen molar-refractivity contribution in [3.05, 3.63) is 110 Å². The molecule has 0 spiro atoms. The number of anilines is 1. The lowest BCUT2D eigenvalue weighted by Gasteiger charge is -2.25. The van der Waals surface area contributed by atoms with Crippen molar-refractivity contribution in [1.82, 2.24) is 0 Å². The molecule has 0 radical (unpaired) electrons. The maximum Gasteiger partial charge on any atom is 0.295 e. The van der Waals surface area contributed by atoms with Gasteiger partial charge in [-0.05, 0) is 43.3 Å². The molecular weight excluding hydrogens is 449 g/mol. The Labute approximate surface area is 179 Å². The van der Waals surface area contributed by atoms with Gasteiger partial charge in [-0.15, -0.1) is 0 Å². The highest BCUT2D eigenvalue weighted by atomic mass is 79.9. The molecule has 2 heterocycles. The van der Waals surface area contributed by atoms with Gasteiger partial charge in [-0.2, -0.15) is 0 Å². The summed E-state index contributed by atoms with van der Waals surface area (Å²) in [6.45, 7) is 1.87. The van der Waals surface area contributed by atoms with E-state index in [4.69, 9.17) is 4.42 Å². The Morgan fingerprint density at radius 2 is 1.80 bits per heavy atom. The number of halogens is 2. The molecule has 30 heavy (non-hydrogen) atoms. The van der Waals surface area contributed by atoms with Crippen LogP contribution in [-0.4, -0.2) is 5.91 Å². The maximum absolute atomic E-state index is 14.9. The fourth-order valence-electron chi connectivity index (χ4n) is 3.97. The van der Waals surface area contributed by atoms with Crippen LogP contribution in [0.1, 0.15) is 33.3 Å². The van der Waals surface area contributed by atoms with Gasteiger partial charge in [0.05, 0.1) is 17.0 Å². The second-order valence-electron chi connectivity index (χ2n) is 7.25. The predicted octanol–water partition coefficient (Wildman–Crippen LogP) is 5.75. The second kappa shape index (κ2) is 6.92. The van der Waals surface area contributed by atoms with Crippen LogP contribution in [0.4, 0.5) is 10.1 Å². The summed E-state index contributed by atoms with van der Waals surface area (Å²) in [7, 11) is 0. The van der Waals surface area contributed by atoms with Crippen molar-refractivity contribution in [2.24, 2.45) is 0 Å². The Morgan fingerprint density at radius 3 is 2.57 bits per heavy atom. The van der Waals surface area contributed by atoms with Crippen molar-refractivity contribution in [3.8, 4) is 0 Å². The van der Waals surface area contributed by atoms with Gasteiger partial charge in [0.1, 0.15) is 11.4 Å². The largest absolute Gasteiger partial charge is 0.450 e. The minimum atomic E-state index is -0.927. The van der Waals surface area contributed by atoms with Gasteiger partial charge in [-0.3, -0.25) is 14.5 Å². The van der Waals surface area contributed by atoms with E-state index in [1.807, 2.05) is 19.1 Å². The van der Waals surface area contributed by atoms with Crippen molar-refractivity contribution in [3.63, 3.8) is 0 Å². The number of carbonyl (C=O) groups excluding carboxylic acids is 1. The van der Waals surface area contributed by atoms with Crippen molar-refractivity contribution in [2.45, 2.75) is 13.0 Å². The average molecular weight is 464 g/mol. The van der Waals surface area contributed by atoms with Crippen LogP contribution in [-0.2, 0) is 0 Å². The molecule has 6 heteroatoms. The SMILES string of the molecule is Cc1ccc2oc3c(c(=O)c2c1)C(c1ccccc1F)N(c1cccc(Br)c1)C3=O. The van der Waals surface area contributed by atoms with E-state index < -0.39 is 17.8 Å². The quantitative estimate of drug-likeness (QED) is 0.380. The Morgan fingerprint density at radius 1 is 1.00 bits per heavy atom. The minimum absolute atomic E-state index is 0.0513. The number of rotatable bonds is 2. The average Bonchev–Trinajstić information content (AvgIpc) is 3.01. The molecule has 3 aromatic carbocycles. The summed E-state index contributed by atoms with van der Waals surface area (Å²) in [5.41, 5.74) is 1.83. The normalized spacial score (nSPS) is 15.6. The highest BCUT2D eigenvalue weighted by Crippen LogP contribution is 2.42. The summed E-state index contributed by atoms with van der Waals surface area (Å²) in [6.07, 6.45) is 0. The third kappa shape index (κ3) is 2.79. The molecule has 1 unspecified atom stereocenters. The number of carbonyl (C=O) groups is 1. The summed E-state index contributed by atoms with van der Waals surface area (Å²) >= 11 is 3.42. The molecule has 0 fully saturated rings. The molecule has 1 atom stereocenters. The summed E-state index contributed by atoms with van der Waals surface area (Å²) < 4.78 is 21.5. The molecule has 4 nitrogen and oxygen atoms in total. The summed E-state index contributed by atoms with van der Waals surface area (Å²) in [6, 6.07) is 17.6. The third-order valence-electron chi connectivity index (χ3n) is 5.31. The zero-order chi connectivity index (χ0) is 21.0. The molecule has 1 aromatic heterocycles. The predicted molar refractivity (Wildman–Crippen MR) is 116 cm³/mol. The van der Waals surface area contributed by atoms with Gasteiger partial charge in [0.2, 0.25) is 5.76 Å². The van der Waals surface area contributed by atoms with Crippen LogP contribution in [0.2, 0.25) is 0 Å². The first-order valence-electron chi connectivity index (χ1n) is 9.36. The van der Waals surface area contributed by atoms with Gasteiger partial charge in [-0.1, -0.05) is 51.8 Å². The molecule has 0 bridgehead atoms. The van der Waals surface area contributed by atoms with Gasteiger partial charge in [0, 0.05) is 15.7 Å². The minimum Gasteiger partial charge on any atom is -0.450 e. The topological polar surface area (TPSA) is 50.5 Å². The highest BCUT2D eigenvalue weighted by molar-refractivity contribution is 9.10. The molecule has 5 rings (SSSR count).